The molecule has 3 aromatic rings. The van der Waals surface area contributed by atoms with Gasteiger partial charge in [0.25, 0.3) is 11.5 Å². The first-order valence-corrected chi connectivity index (χ1v) is 14.0. The van der Waals surface area contributed by atoms with Crippen molar-refractivity contribution in [2.75, 3.05) is 11.9 Å². The molecule has 9 heteroatoms. The van der Waals surface area contributed by atoms with E-state index in [4.69, 9.17) is 4.74 Å². The highest BCUT2D eigenvalue weighted by atomic mass is 16.5. The minimum absolute atomic E-state index is 0.0310. The summed E-state index contributed by atoms with van der Waals surface area (Å²) in [6, 6.07) is 18.3. The molecule has 0 aliphatic carbocycles. The molecule has 1 fully saturated rings. The summed E-state index contributed by atoms with van der Waals surface area (Å²) >= 11 is 0. The number of hydrogen-bond donors (Lipinski definition) is 3. The van der Waals surface area contributed by atoms with Crippen molar-refractivity contribution in [1.82, 2.24) is 20.4 Å². The van der Waals surface area contributed by atoms with Crippen LogP contribution in [0.15, 0.2) is 65.5 Å². The first-order valence-electron chi connectivity index (χ1n) is 14.0. The van der Waals surface area contributed by atoms with E-state index < -0.39 is 6.09 Å². The average molecular weight is 562 g/mol. The number of benzene rings is 2. The van der Waals surface area contributed by atoms with Crippen LogP contribution in [0, 0.1) is 13.8 Å². The summed E-state index contributed by atoms with van der Waals surface area (Å²) in [6.07, 6.45) is 1.41. The van der Waals surface area contributed by atoms with Crippen LogP contribution in [0.1, 0.15) is 74.6 Å². The number of nitrogens with zero attached hydrogens (tertiary/aromatic N) is 2. The van der Waals surface area contributed by atoms with Crippen molar-refractivity contribution in [3.8, 4) is 0 Å². The lowest BCUT2D eigenvalue weighted by Crippen LogP contribution is -2.62. The number of ether oxygens (including phenoxy) is 1. The van der Waals surface area contributed by atoms with Gasteiger partial charge in [0.1, 0.15) is 0 Å². The summed E-state index contributed by atoms with van der Waals surface area (Å²) in [5.41, 5.74) is 4.10. The molecule has 4 rings (SSSR count). The first kappa shape index (κ1) is 31.5. The molecule has 41 heavy (non-hydrogen) atoms. The largest absolute Gasteiger partial charge is 0.450 e. The molecule has 220 valence electrons. The topological polar surface area (TPSA) is 114 Å². The molecule has 0 atom stereocenters. The Morgan fingerprint density at radius 1 is 1.00 bits per heavy atom. The Hall–Kier alpha value is -3.98. The van der Waals surface area contributed by atoms with Crippen molar-refractivity contribution in [3.05, 3.63) is 93.4 Å². The van der Waals surface area contributed by atoms with E-state index in [1.807, 2.05) is 44.2 Å². The van der Waals surface area contributed by atoms with Gasteiger partial charge < -0.3 is 15.4 Å². The molecular formula is C32H43N5O4. The molecule has 1 saturated heterocycles. The van der Waals surface area contributed by atoms with Crippen LogP contribution in [0.5, 0.6) is 0 Å². The number of carbonyl (C=O) groups excluding carboxylic acids is 2. The second-order valence-electron chi connectivity index (χ2n) is 11.9. The van der Waals surface area contributed by atoms with Gasteiger partial charge in [-0.25, -0.2) is 9.48 Å². The molecule has 3 N–H and O–H groups in total. The molecule has 1 aromatic heterocycles. The number of aromatic nitrogens is 2. The molecule has 0 radical (unpaired) electrons. The Morgan fingerprint density at radius 3 is 2.29 bits per heavy atom. The van der Waals surface area contributed by atoms with E-state index in [0.29, 0.717) is 18.8 Å². The SMILES string of the molecule is CCOC(=O)Nc1cccc(Cn2nc(C)ccc2=O)c1.Cc1ccc(C(=O)NC2CC(C)(C)NC(C)(C)C2)cc1. The van der Waals surface area contributed by atoms with Gasteiger partial charge in [-0.05, 0) is 97.2 Å². The van der Waals surface area contributed by atoms with Crippen molar-refractivity contribution >= 4 is 17.7 Å². The maximum absolute atomic E-state index is 12.3. The summed E-state index contributed by atoms with van der Waals surface area (Å²) in [4.78, 5) is 35.4. The van der Waals surface area contributed by atoms with E-state index in [0.717, 1.165) is 29.7 Å². The lowest BCUT2D eigenvalue weighted by molar-refractivity contribution is 0.0873. The molecule has 1 aliphatic rings. The normalized spacial score (nSPS) is 15.7. The maximum atomic E-state index is 12.3. The standard InChI is InChI=1S/C17H26N2O.C15H17N3O3/c1-12-6-8-13(9-7-12)15(20)18-14-10-16(2,3)19-17(4,5)11-14;1-3-21-15(20)16-13-6-4-5-12(9-13)10-18-14(19)8-7-11(2)17-18/h6-9,14,19H,10-11H2,1-5H3,(H,18,20);4-9H,3,10H2,1-2H3,(H,16,20). The first-order chi connectivity index (χ1) is 19.2. The average Bonchev–Trinajstić information content (AvgIpc) is 2.85. The monoisotopic (exact) mass is 561 g/mol. The molecule has 2 aromatic carbocycles. The van der Waals surface area contributed by atoms with E-state index in [2.05, 4.69) is 48.7 Å². The molecule has 0 saturated carbocycles. The van der Waals surface area contributed by atoms with Crippen molar-refractivity contribution in [2.45, 2.75) is 85.0 Å². The van der Waals surface area contributed by atoms with Crippen LogP contribution in [-0.4, -0.2) is 45.5 Å². The fourth-order valence-electron chi connectivity index (χ4n) is 5.27. The lowest BCUT2D eigenvalue weighted by Gasteiger charge is -2.46. The van der Waals surface area contributed by atoms with Crippen molar-refractivity contribution in [3.63, 3.8) is 0 Å². The second kappa shape index (κ2) is 13.6. The number of piperidine rings is 1. The highest BCUT2D eigenvalue weighted by molar-refractivity contribution is 5.94. The summed E-state index contributed by atoms with van der Waals surface area (Å²) in [5, 5.41) is 13.6. The predicted molar refractivity (Wildman–Crippen MR) is 162 cm³/mol. The number of rotatable bonds is 6. The van der Waals surface area contributed by atoms with Gasteiger partial charge in [0, 0.05) is 34.4 Å². The van der Waals surface area contributed by atoms with Crippen molar-refractivity contribution in [2.24, 2.45) is 0 Å². The molecule has 1 aliphatic heterocycles. The number of carbonyl (C=O) groups is 2. The van der Waals surface area contributed by atoms with Crippen LogP contribution in [0.2, 0.25) is 0 Å². The summed E-state index contributed by atoms with van der Waals surface area (Å²) < 4.78 is 6.21. The summed E-state index contributed by atoms with van der Waals surface area (Å²) in [6.45, 7) is 15.0. The third kappa shape index (κ3) is 10.2. The van der Waals surface area contributed by atoms with Crippen LogP contribution in [0.25, 0.3) is 0 Å². The number of anilines is 1. The van der Waals surface area contributed by atoms with E-state index in [1.165, 1.54) is 16.3 Å². The van der Waals surface area contributed by atoms with Crippen LogP contribution >= 0.6 is 0 Å². The molecule has 2 amide bonds. The van der Waals surface area contributed by atoms with Crippen molar-refractivity contribution < 1.29 is 14.3 Å². The Kier molecular flexibility index (Phi) is 10.5. The Bertz CT molecular complexity index is 1380. The van der Waals surface area contributed by atoms with Gasteiger partial charge in [0.05, 0.1) is 18.8 Å². The van der Waals surface area contributed by atoms with Gasteiger partial charge in [0.2, 0.25) is 0 Å². The summed E-state index contributed by atoms with van der Waals surface area (Å²) in [7, 11) is 0. The number of nitrogens with one attached hydrogen (secondary N) is 3. The van der Waals surface area contributed by atoms with Gasteiger partial charge in [-0.15, -0.1) is 0 Å². The van der Waals surface area contributed by atoms with E-state index in [9.17, 15) is 14.4 Å². The fraction of sp³-hybridized carbons (Fsp3) is 0.438. The number of amides is 2. The zero-order valence-corrected chi connectivity index (χ0v) is 25.2. The Labute approximate surface area is 242 Å². The minimum Gasteiger partial charge on any atom is -0.450 e. The van der Waals surface area contributed by atoms with Crippen LogP contribution in [-0.2, 0) is 11.3 Å². The fourth-order valence-corrected chi connectivity index (χ4v) is 5.27. The molecule has 0 spiro atoms. The van der Waals surface area contributed by atoms with Crippen molar-refractivity contribution in [1.29, 1.82) is 0 Å². The Morgan fingerprint density at radius 2 is 1.66 bits per heavy atom. The van der Waals surface area contributed by atoms with E-state index in [-0.39, 0.29) is 28.6 Å². The highest BCUT2D eigenvalue weighted by Crippen LogP contribution is 2.28. The van der Waals surface area contributed by atoms with Gasteiger partial charge in [-0.1, -0.05) is 29.8 Å². The third-order valence-electron chi connectivity index (χ3n) is 6.62. The molecule has 2 heterocycles. The van der Waals surface area contributed by atoms with E-state index >= 15 is 0 Å². The molecule has 0 unspecified atom stereocenters. The van der Waals surface area contributed by atoms with Crippen LogP contribution < -0.4 is 21.5 Å². The van der Waals surface area contributed by atoms with Gasteiger partial charge in [0.15, 0.2) is 0 Å². The zero-order chi connectivity index (χ0) is 30.2. The third-order valence-corrected chi connectivity index (χ3v) is 6.62. The van der Waals surface area contributed by atoms with Gasteiger partial charge >= 0.3 is 6.09 Å². The van der Waals surface area contributed by atoms with Gasteiger partial charge in [-0.2, -0.15) is 5.10 Å². The van der Waals surface area contributed by atoms with Crippen LogP contribution in [0.3, 0.4) is 0 Å². The number of hydrogen-bond acceptors (Lipinski definition) is 6. The zero-order valence-electron chi connectivity index (χ0n) is 25.2. The summed E-state index contributed by atoms with van der Waals surface area (Å²) in [5.74, 6) is 0.0310. The molecule has 0 bridgehead atoms. The van der Waals surface area contributed by atoms with Crippen LogP contribution in [0.4, 0.5) is 10.5 Å². The lowest BCUT2D eigenvalue weighted by atomic mass is 9.79. The second-order valence-corrected chi connectivity index (χ2v) is 11.9. The van der Waals surface area contributed by atoms with E-state index in [1.54, 1.807) is 31.2 Å². The minimum atomic E-state index is -0.500. The highest BCUT2D eigenvalue weighted by Gasteiger charge is 2.38. The predicted octanol–water partition coefficient (Wildman–Crippen LogP) is 5.20. The molecular weight excluding hydrogens is 518 g/mol. The Balaban J connectivity index is 0.000000226. The quantitative estimate of drug-likeness (QED) is 0.381. The van der Waals surface area contributed by atoms with Gasteiger partial charge in [-0.3, -0.25) is 14.9 Å². The smallest absolute Gasteiger partial charge is 0.411 e. The molecule has 9 nitrogen and oxygen atoms in total. The number of aryl methyl sites for hydroxylation is 2. The maximum Gasteiger partial charge on any atom is 0.411 e.